The maximum Gasteiger partial charge on any atom is 0.503 e. The highest BCUT2D eigenvalue weighted by Crippen LogP contribution is 2.40. The number of ketones is 1. The first-order valence-electron chi connectivity index (χ1n) is 11.5. The normalized spacial score (nSPS) is 20.5. The molecule has 0 unspecified atom stereocenters. The van der Waals surface area contributed by atoms with Gasteiger partial charge >= 0.3 is 6.16 Å². The van der Waals surface area contributed by atoms with Crippen LogP contribution in [0.3, 0.4) is 0 Å². The zero-order chi connectivity index (χ0) is 26.0. The van der Waals surface area contributed by atoms with Gasteiger partial charge < -0.3 is 10.2 Å². The fourth-order valence-electron chi connectivity index (χ4n) is 5.07. The molecule has 7 nitrogen and oxygen atoms in total. The Morgan fingerprint density at radius 3 is 1.78 bits per heavy atom. The summed E-state index contributed by atoms with van der Waals surface area (Å²) in [6, 6.07) is 21.8. The van der Waals surface area contributed by atoms with Gasteiger partial charge in [-0.2, -0.15) is 0 Å². The van der Waals surface area contributed by atoms with Crippen molar-refractivity contribution in [1.29, 1.82) is 0 Å². The summed E-state index contributed by atoms with van der Waals surface area (Å²) in [7, 11) is 0. The van der Waals surface area contributed by atoms with Gasteiger partial charge in [-0.05, 0) is 54.2 Å². The van der Waals surface area contributed by atoms with Gasteiger partial charge in [0.05, 0.1) is 11.1 Å². The SMILES string of the molecule is C[C@@H]1[C@@H](C(=O)c2ccc(-c3ccc(Cl)cc3)cc2)CC[C@H]1N1C(=O)c2ccccc2C1=O.O=C(O)O. The van der Waals surface area contributed by atoms with E-state index in [-0.39, 0.29) is 35.5 Å². The van der Waals surface area contributed by atoms with Crippen molar-refractivity contribution >= 4 is 35.4 Å². The Morgan fingerprint density at radius 2 is 1.28 bits per heavy atom. The maximum absolute atomic E-state index is 13.3. The lowest BCUT2D eigenvalue weighted by Gasteiger charge is -2.27. The largest absolute Gasteiger partial charge is 0.503 e. The van der Waals surface area contributed by atoms with Crippen molar-refractivity contribution in [1.82, 2.24) is 4.90 Å². The molecule has 8 heteroatoms. The average molecular weight is 506 g/mol. The van der Waals surface area contributed by atoms with E-state index in [4.69, 9.17) is 26.6 Å². The van der Waals surface area contributed by atoms with E-state index in [0.717, 1.165) is 11.1 Å². The molecule has 1 heterocycles. The number of nitrogens with zero attached hydrogens (tertiary/aromatic N) is 1. The molecule has 1 aliphatic carbocycles. The molecule has 2 aliphatic rings. The van der Waals surface area contributed by atoms with Gasteiger partial charge in [0.2, 0.25) is 0 Å². The van der Waals surface area contributed by atoms with Crippen molar-refractivity contribution in [3.05, 3.63) is 94.5 Å². The molecule has 184 valence electrons. The third-order valence-corrected chi connectivity index (χ3v) is 7.11. The molecule has 3 aromatic rings. The van der Waals surface area contributed by atoms with Gasteiger partial charge in [-0.1, -0.05) is 67.1 Å². The lowest BCUT2D eigenvalue weighted by Crippen LogP contribution is -2.42. The second-order valence-electron chi connectivity index (χ2n) is 8.87. The molecular weight excluding hydrogens is 482 g/mol. The predicted molar refractivity (Wildman–Crippen MR) is 134 cm³/mol. The highest BCUT2D eigenvalue weighted by molar-refractivity contribution is 6.30. The molecule has 3 aromatic carbocycles. The summed E-state index contributed by atoms with van der Waals surface area (Å²) in [4.78, 5) is 49.0. The lowest BCUT2D eigenvalue weighted by atomic mass is 9.87. The number of carboxylic acid groups (broad SMARTS) is 2. The Labute approximate surface area is 212 Å². The Balaban J connectivity index is 0.000000709. The number of carbonyl (C=O) groups is 4. The smallest absolute Gasteiger partial charge is 0.450 e. The molecule has 0 saturated heterocycles. The van der Waals surface area contributed by atoms with Crippen LogP contribution in [0.25, 0.3) is 11.1 Å². The van der Waals surface area contributed by atoms with Gasteiger partial charge in [0.25, 0.3) is 11.8 Å². The van der Waals surface area contributed by atoms with Gasteiger partial charge in [-0.25, -0.2) is 4.79 Å². The molecule has 5 rings (SSSR count). The molecule has 2 amide bonds. The lowest BCUT2D eigenvalue weighted by molar-refractivity contribution is 0.0535. The van der Waals surface area contributed by atoms with E-state index in [0.29, 0.717) is 34.6 Å². The van der Waals surface area contributed by atoms with E-state index in [1.54, 1.807) is 24.3 Å². The summed E-state index contributed by atoms with van der Waals surface area (Å²) in [6.45, 7) is 1.98. The maximum atomic E-state index is 13.3. The van der Waals surface area contributed by atoms with Crippen molar-refractivity contribution in [3.63, 3.8) is 0 Å². The van der Waals surface area contributed by atoms with Crippen LogP contribution in [0, 0.1) is 11.8 Å². The number of halogens is 1. The van der Waals surface area contributed by atoms with Gasteiger partial charge in [-0.15, -0.1) is 0 Å². The zero-order valence-corrected chi connectivity index (χ0v) is 20.2. The molecule has 2 N–H and O–H groups in total. The van der Waals surface area contributed by atoms with Gasteiger partial charge in [0, 0.05) is 22.5 Å². The minimum Gasteiger partial charge on any atom is -0.450 e. The standard InChI is InChI=1S/C27H22ClNO3.CH2O3/c1-16-21(14-15-24(16)29-26(31)22-4-2-3-5-23(22)27(29)32)25(30)19-8-6-17(7-9-19)18-10-12-20(28)13-11-18;2-1(3)4/h2-13,16,21,24H,14-15H2,1H3;(H2,2,3,4)/t16-,21+,24-;/m1./s1. The second kappa shape index (κ2) is 10.3. The van der Waals surface area contributed by atoms with E-state index in [1.807, 2.05) is 55.5 Å². The molecule has 0 aromatic heterocycles. The predicted octanol–water partition coefficient (Wildman–Crippen LogP) is 6.12. The molecule has 0 bridgehead atoms. The van der Waals surface area contributed by atoms with E-state index >= 15 is 0 Å². The Bertz CT molecular complexity index is 1280. The minimum atomic E-state index is -1.83. The first-order valence-corrected chi connectivity index (χ1v) is 11.9. The van der Waals surface area contributed by atoms with Crippen molar-refractivity contribution in [2.75, 3.05) is 0 Å². The number of benzene rings is 3. The van der Waals surface area contributed by atoms with Crippen LogP contribution in [0.2, 0.25) is 5.02 Å². The average Bonchev–Trinajstić information content (AvgIpc) is 3.35. The van der Waals surface area contributed by atoms with Crippen molar-refractivity contribution in [2.24, 2.45) is 11.8 Å². The van der Waals surface area contributed by atoms with E-state index in [2.05, 4.69) is 0 Å². The molecule has 1 saturated carbocycles. The molecule has 1 aliphatic heterocycles. The number of amides is 2. The molecule has 0 spiro atoms. The Hall–Kier alpha value is -3.97. The fourth-order valence-corrected chi connectivity index (χ4v) is 5.20. The molecule has 0 radical (unpaired) electrons. The van der Waals surface area contributed by atoms with Crippen LogP contribution >= 0.6 is 11.6 Å². The van der Waals surface area contributed by atoms with E-state index < -0.39 is 6.16 Å². The third-order valence-electron chi connectivity index (χ3n) is 6.86. The summed E-state index contributed by atoms with van der Waals surface area (Å²) < 4.78 is 0. The number of hydrogen-bond acceptors (Lipinski definition) is 4. The van der Waals surface area contributed by atoms with Crippen LogP contribution in [-0.2, 0) is 0 Å². The second-order valence-corrected chi connectivity index (χ2v) is 9.30. The molecule has 36 heavy (non-hydrogen) atoms. The molecule has 1 fully saturated rings. The summed E-state index contributed by atoms with van der Waals surface area (Å²) in [5.74, 6) is -0.739. The minimum absolute atomic E-state index is 0.0688. The summed E-state index contributed by atoms with van der Waals surface area (Å²) >= 11 is 5.97. The fraction of sp³-hybridized carbons (Fsp3) is 0.214. The van der Waals surface area contributed by atoms with Gasteiger partial charge in [0.15, 0.2) is 5.78 Å². The van der Waals surface area contributed by atoms with Crippen LogP contribution in [0.1, 0.15) is 50.8 Å². The highest BCUT2D eigenvalue weighted by atomic mass is 35.5. The number of fused-ring (bicyclic) bond motifs is 1. The van der Waals surface area contributed by atoms with Crippen molar-refractivity contribution in [2.45, 2.75) is 25.8 Å². The van der Waals surface area contributed by atoms with Gasteiger partial charge in [0.1, 0.15) is 0 Å². The van der Waals surface area contributed by atoms with Crippen LogP contribution < -0.4 is 0 Å². The molecular formula is C28H24ClNO6. The van der Waals surface area contributed by atoms with E-state index in [9.17, 15) is 14.4 Å². The topological polar surface area (TPSA) is 112 Å². The van der Waals surface area contributed by atoms with Crippen molar-refractivity contribution in [3.8, 4) is 11.1 Å². The van der Waals surface area contributed by atoms with E-state index in [1.165, 1.54) is 4.90 Å². The summed E-state index contributed by atoms with van der Waals surface area (Å²) in [6.07, 6.45) is -0.525. The quantitative estimate of drug-likeness (QED) is 0.326. The number of rotatable bonds is 4. The highest BCUT2D eigenvalue weighted by Gasteiger charge is 2.47. The molecule has 3 atom stereocenters. The third kappa shape index (κ3) is 4.88. The van der Waals surface area contributed by atoms with Crippen LogP contribution in [0.15, 0.2) is 72.8 Å². The van der Waals surface area contributed by atoms with Gasteiger partial charge in [-0.3, -0.25) is 19.3 Å². The van der Waals surface area contributed by atoms with Crippen LogP contribution in [-0.4, -0.2) is 44.9 Å². The Kier molecular flexibility index (Phi) is 7.22. The zero-order valence-electron chi connectivity index (χ0n) is 19.4. The summed E-state index contributed by atoms with van der Waals surface area (Å²) in [5, 5.41) is 14.6. The van der Waals surface area contributed by atoms with Crippen LogP contribution in [0.5, 0.6) is 0 Å². The monoisotopic (exact) mass is 505 g/mol. The first kappa shape index (κ1) is 25.1. The Morgan fingerprint density at radius 1 is 0.806 bits per heavy atom. The number of carbonyl (C=O) groups excluding carboxylic acids is 3. The van der Waals surface area contributed by atoms with Crippen molar-refractivity contribution < 1.29 is 29.4 Å². The number of Topliss-reactive ketones (excluding diaryl/α,β-unsaturated/α-hetero) is 1. The number of hydrogen-bond donors (Lipinski definition) is 2. The summed E-state index contributed by atoms with van der Waals surface area (Å²) in [5.41, 5.74) is 3.62. The first-order chi connectivity index (χ1) is 17.2. The van der Waals surface area contributed by atoms with Crippen LogP contribution in [0.4, 0.5) is 4.79 Å². The number of imide groups is 1.